The van der Waals surface area contributed by atoms with Gasteiger partial charge in [0.25, 0.3) is 10.0 Å². The lowest BCUT2D eigenvalue weighted by molar-refractivity contribution is -0.154. The van der Waals surface area contributed by atoms with Crippen LogP contribution in [0.1, 0.15) is 69.4 Å². The van der Waals surface area contributed by atoms with E-state index in [0.717, 1.165) is 35.6 Å². The van der Waals surface area contributed by atoms with Crippen molar-refractivity contribution in [2.24, 2.45) is 11.8 Å². The molecule has 0 N–H and O–H groups in total. The molecule has 4 rings (SSSR count). The SMILES string of the molecule is CCCC1(CCC)OC(=O)C(C(c2cccc(N(C)S(=O)(=O)c3ccc(C#N)cn3)c2)C2CC2)C1=O. The Morgan fingerprint density at radius 2 is 1.86 bits per heavy atom. The van der Waals surface area contributed by atoms with E-state index in [2.05, 4.69) is 4.98 Å². The molecule has 1 saturated carbocycles. The Hall–Kier alpha value is -3.25. The third kappa shape index (κ3) is 4.62. The van der Waals surface area contributed by atoms with Crippen molar-refractivity contribution in [3.8, 4) is 6.07 Å². The third-order valence-electron chi connectivity index (χ3n) is 7.19. The molecule has 2 fully saturated rings. The monoisotopic (exact) mass is 509 g/mol. The first kappa shape index (κ1) is 25.8. The lowest BCUT2D eigenvalue weighted by atomic mass is 9.75. The number of Topliss-reactive ketones (excluding diaryl/α,β-unsaturated/α-hetero) is 1. The minimum Gasteiger partial charge on any atom is -0.450 e. The van der Waals surface area contributed by atoms with Crippen LogP contribution in [-0.4, -0.2) is 37.8 Å². The Morgan fingerprint density at radius 3 is 2.42 bits per heavy atom. The summed E-state index contributed by atoms with van der Waals surface area (Å²) in [6.45, 7) is 3.96. The highest BCUT2D eigenvalue weighted by atomic mass is 32.2. The van der Waals surface area contributed by atoms with E-state index < -0.39 is 27.5 Å². The lowest BCUT2D eigenvalue weighted by Crippen LogP contribution is -2.38. The van der Waals surface area contributed by atoms with Crippen molar-refractivity contribution in [2.75, 3.05) is 11.4 Å². The number of ketones is 1. The fourth-order valence-corrected chi connectivity index (χ4v) is 6.38. The highest BCUT2D eigenvalue weighted by molar-refractivity contribution is 7.92. The number of sulfonamides is 1. The zero-order chi connectivity index (χ0) is 26.1. The summed E-state index contributed by atoms with van der Waals surface area (Å²) in [7, 11) is -2.55. The first-order valence-electron chi connectivity index (χ1n) is 12.4. The van der Waals surface area contributed by atoms with Gasteiger partial charge < -0.3 is 4.74 Å². The predicted octanol–water partition coefficient (Wildman–Crippen LogP) is 4.35. The number of ether oxygens (including phenoxy) is 1. The van der Waals surface area contributed by atoms with E-state index in [1.54, 1.807) is 18.2 Å². The molecule has 0 spiro atoms. The molecule has 2 heterocycles. The van der Waals surface area contributed by atoms with E-state index in [0.29, 0.717) is 18.5 Å². The summed E-state index contributed by atoms with van der Waals surface area (Å²) in [5.41, 5.74) is 0.360. The summed E-state index contributed by atoms with van der Waals surface area (Å²) in [6, 6.07) is 11.6. The van der Waals surface area contributed by atoms with Crippen LogP contribution in [0.2, 0.25) is 0 Å². The number of hydrogen-bond donors (Lipinski definition) is 0. The van der Waals surface area contributed by atoms with Gasteiger partial charge in [0.15, 0.2) is 16.4 Å². The number of carbonyl (C=O) groups is 2. The average molecular weight is 510 g/mol. The van der Waals surface area contributed by atoms with E-state index in [4.69, 9.17) is 10.00 Å². The van der Waals surface area contributed by atoms with Crippen molar-refractivity contribution in [2.45, 2.75) is 68.9 Å². The van der Waals surface area contributed by atoms with E-state index in [1.165, 1.54) is 25.4 Å². The van der Waals surface area contributed by atoms with Gasteiger partial charge in [-0.3, -0.25) is 13.9 Å². The molecule has 36 heavy (non-hydrogen) atoms. The number of carbonyl (C=O) groups excluding carboxylic acids is 2. The van der Waals surface area contributed by atoms with Crippen LogP contribution in [0.25, 0.3) is 0 Å². The van der Waals surface area contributed by atoms with Crippen LogP contribution in [0.3, 0.4) is 0 Å². The minimum absolute atomic E-state index is 0.138. The Morgan fingerprint density at radius 1 is 1.17 bits per heavy atom. The van der Waals surface area contributed by atoms with Crippen LogP contribution >= 0.6 is 0 Å². The normalized spacial score (nSPS) is 20.0. The summed E-state index contributed by atoms with van der Waals surface area (Å²) >= 11 is 0. The summed E-state index contributed by atoms with van der Waals surface area (Å²) in [5, 5.41) is 8.79. The minimum atomic E-state index is -3.98. The number of cyclic esters (lactones) is 1. The molecule has 0 amide bonds. The van der Waals surface area contributed by atoms with Crippen molar-refractivity contribution in [1.82, 2.24) is 4.98 Å². The number of nitrogens with zero attached hydrogens (tertiary/aromatic N) is 3. The van der Waals surface area contributed by atoms with Crippen molar-refractivity contribution in [3.63, 3.8) is 0 Å². The number of nitriles is 1. The quantitative estimate of drug-likeness (QED) is 0.345. The van der Waals surface area contributed by atoms with Crippen LogP contribution in [0.5, 0.6) is 0 Å². The van der Waals surface area contributed by atoms with E-state index in [9.17, 15) is 18.0 Å². The molecule has 1 aromatic carbocycles. The fraction of sp³-hybridized carbons (Fsp3) is 0.481. The first-order chi connectivity index (χ1) is 17.2. The molecule has 190 valence electrons. The maximum Gasteiger partial charge on any atom is 0.318 e. The largest absolute Gasteiger partial charge is 0.450 e. The van der Waals surface area contributed by atoms with Crippen LogP contribution < -0.4 is 4.31 Å². The molecule has 0 bridgehead atoms. The maximum atomic E-state index is 13.7. The summed E-state index contributed by atoms with van der Waals surface area (Å²) in [5.74, 6) is -1.67. The number of rotatable bonds is 10. The highest BCUT2D eigenvalue weighted by Crippen LogP contribution is 2.52. The zero-order valence-corrected chi connectivity index (χ0v) is 21.6. The average Bonchev–Trinajstić information content (AvgIpc) is 3.68. The van der Waals surface area contributed by atoms with Gasteiger partial charge in [-0.2, -0.15) is 13.7 Å². The molecule has 0 radical (unpaired) electrons. The predicted molar refractivity (Wildman–Crippen MR) is 134 cm³/mol. The molecule has 9 heteroatoms. The molecule has 2 aliphatic rings. The van der Waals surface area contributed by atoms with Gasteiger partial charge in [-0.05, 0) is 61.4 Å². The Labute approximate surface area is 212 Å². The second-order valence-corrected chi connectivity index (χ2v) is 11.6. The Bertz CT molecular complexity index is 1290. The number of anilines is 1. The van der Waals surface area contributed by atoms with Gasteiger partial charge in [-0.1, -0.05) is 38.8 Å². The van der Waals surface area contributed by atoms with Gasteiger partial charge in [0, 0.05) is 19.2 Å². The molecule has 1 aliphatic heterocycles. The molecule has 2 aromatic rings. The van der Waals surface area contributed by atoms with Gasteiger partial charge >= 0.3 is 5.97 Å². The van der Waals surface area contributed by atoms with Gasteiger partial charge in [-0.25, -0.2) is 4.98 Å². The number of hydrogen-bond acceptors (Lipinski definition) is 7. The van der Waals surface area contributed by atoms with Crippen LogP contribution in [-0.2, 0) is 24.3 Å². The highest BCUT2D eigenvalue weighted by Gasteiger charge is 2.58. The van der Waals surface area contributed by atoms with E-state index in [-0.39, 0.29) is 28.2 Å². The number of pyridine rings is 1. The molecule has 1 aromatic heterocycles. The molecule has 1 saturated heterocycles. The van der Waals surface area contributed by atoms with E-state index in [1.807, 2.05) is 26.0 Å². The molecule has 2 atom stereocenters. The fourth-order valence-electron chi connectivity index (χ4n) is 5.29. The molecule has 1 aliphatic carbocycles. The van der Waals surface area contributed by atoms with Crippen molar-refractivity contribution in [1.29, 1.82) is 5.26 Å². The van der Waals surface area contributed by atoms with E-state index >= 15 is 0 Å². The molecular weight excluding hydrogens is 478 g/mol. The number of aromatic nitrogens is 1. The molecular formula is C27H31N3O5S. The third-order valence-corrected chi connectivity index (χ3v) is 8.89. The topological polar surface area (TPSA) is 117 Å². The molecule has 8 nitrogen and oxygen atoms in total. The first-order valence-corrected chi connectivity index (χ1v) is 13.8. The summed E-state index contributed by atoms with van der Waals surface area (Å²) in [4.78, 5) is 30.8. The van der Waals surface area contributed by atoms with Gasteiger partial charge in [0.1, 0.15) is 12.0 Å². The number of benzene rings is 1. The van der Waals surface area contributed by atoms with Crippen LogP contribution in [0.15, 0.2) is 47.6 Å². The Kier molecular flexibility index (Phi) is 7.19. The summed E-state index contributed by atoms with van der Waals surface area (Å²) in [6.07, 6.45) is 5.53. The number of esters is 1. The van der Waals surface area contributed by atoms with Gasteiger partial charge in [0.05, 0.1) is 11.3 Å². The Balaban J connectivity index is 1.68. The zero-order valence-electron chi connectivity index (χ0n) is 20.8. The standard InChI is InChI=1S/C27H31N3O5S/c1-4-13-27(14-5-2)25(31)24(26(32)35-27)23(19-10-11-19)20-7-6-8-21(15-20)30(3)36(33,34)22-12-9-18(16-28)17-29-22/h6-9,12,15,17,19,23-24H,4-5,10-11,13-14H2,1-3H3. The van der Waals surface area contributed by atoms with Crippen LogP contribution in [0.4, 0.5) is 5.69 Å². The smallest absolute Gasteiger partial charge is 0.318 e. The van der Waals surface area contributed by atoms with Gasteiger partial charge in [-0.15, -0.1) is 0 Å². The second-order valence-electron chi connectivity index (χ2n) is 9.68. The molecule has 2 unspecified atom stereocenters. The van der Waals surface area contributed by atoms with Gasteiger partial charge in [0.2, 0.25) is 0 Å². The lowest BCUT2D eigenvalue weighted by Gasteiger charge is -2.26. The van der Waals surface area contributed by atoms with Crippen molar-refractivity contribution >= 4 is 27.5 Å². The maximum absolute atomic E-state index is 13.7. The second kappa shape index (κ2) is 10.0. The van der Waals surface area contributed by atoms with Crippen LogP contribution in [0, 0.1) is 23.2 Å². The summed E-state index contributed by atoms with van der Waals surface area (Å²) < 4.78 is 33.3. The van der Waals surface area contributed by atoms with Crippen molar-refractivity contribution in [3.05, 3.63) is 53.7 Å². The van der Waals surface area contributed by atoms with Crippen molar-refractivity contribution < 1.29 is 22.7 Å².